The maximum Gasteiger partial charge on any atom is 0.335 e. The second kappa shape index (κ2) is 6.93. The number of carbonyl (C=O) groups excluding carboxylic acids is 3. The number of benzene rings is 1. The number of barbiturate groups is 1. The standard InChI is InChI=1S/C15H18N2O5/c1-3-7-22-11-6-5-10(8-12(11)21-4-2)17-14(19)9-13(18)16-15(17)20/h5-6,8H,3-4,7,9H2,1-2H3,(H,16,18,20). The van der Waals surface area contributed by atoms with Gasteiger partial charge < -0.3 is 9.47 Å². The normalized spacial score (nSPS) is 14.8. The van der Waals surface area contributed by atoms with Crippen molar-refractivity contribution in [1.82, 2.24) is 5.32 Å². The molecule has 1 aromatic carbocycles. The third-order valence-electron chi connectivity index (χ3n) is 2.96. The first-order valence-electron chi connectivity index (χ1n) is 7.13. The van der Waals surface area contributed by atoms with Crippen molar-refractivity contribution >= 4 is 23.5 Å². The molecule has 7 nitrogen and oxygen atoms in total. The van der Waals surface area contributed by atoms with Crippen LogP contribution in [0.15, 0.2) is 18.2 Å². The third-order valence-corrected chi connectivity index (χ3v) is 2.96. The monoisotopic (exact) mass is 306 g/mol. The lowest BCUT2D eigenvalue weighted by atomic mass is 10.2. The van der Waals surface area contributed by atoms with Crippen LogP contribution in [0.25, 0.3) is 0 Å². The highest BCUT2D eigenvalue weighted by atomic mass is 16.5. The van der Waals surface area contributed by atoms with Gasteiger partial charge in [-0.25, -0.2) is 9.69 Å². The van der Waals surface area contributed by atoms with Gasteiger partial charge in [-0.15, -0.1) is 0 Å². The Morgan fingerprint density at radius 2 is 1.91 bits per heavy atom. The quantitative estimate of drug-likeness (QED) is 0.811. The highest BCUT2D eigenvalue weighted by molar-refractivity contribution is 6.26. The van der Waals surface area contributed by atoms with Crippen LogP contribution in [0.5, 0.6) is 11.5 Å². The number of carbonyl (C=O) groups is 3. The van der Waals surface area contributed by atoms with Gasteiger partial charge >= 0.3 is 6.03 Å². The molecular weight excluding hydrogens is 288 g/mol. The van der Waals surface area contributed by atoms with E-state index in [0.29, 0.717) is 30.4 Å². The number of urea groups is 1. The van der Waals surface area contributed by atoms with Crippen molar-refractivity contribution in [2.45, 2.75) is 26.7 Å². The largest absolute Gasteiger partial charge is 0.490 e. The Labute approximate surface area is 128 Å². The molecule has 0 saturated carbocycles. The lowest BCUT2D eigenvalue weighted by Gasteiger charge is -2.25. The van der Waals surface area contributed by atoms with Crippen molar-refractivity contribution in [3.05, 3.63) is 18.2 Å². The molecule has 0 radical (unpaired) electrons. The van der Waals surface area contributed by atoms with E-state index in [1.807, 2.05) is 13.8 Å². The van der Waals surface area contributed by atoms with Crippen molar-refractivity contribution in [2.75, 3.05) is 18.1 Å². The van der Waals surface area contributed by atoms with Gasteiger partial charge in [-0.05, 0) is 25.5 Å². The molecule has 7 heteroatoms. The zero-order chi connectivity index (χ0) is 16.1. The predicted molar refractivity (Wildman–Crippen MR) is 79.0 cm³/mol. The zero-order valence-corrected chi connectivity index (χ0v) is 12.5. The summed E-state index contributed by atoms with van der Waals surface area (Å²) in [6.07, 6.45) is 0.492. The van der Waals surface area contributed by atoms with Crippen molar-refractivity contribution in [3.8, 4) is 11.5 Å². The summed E-state index contributed by atoms with van der Waals surface area (Å²) in [6.45, 7) is 4.78. The minimum atomic E-state index is -0.758. The number of nitrogens with zero attached hydrogens (tertiary/aromatic N) is 1. The first-order valence-corrected chi connectivity index (χ1v) is 7.13. The summed E-state index contributed by atoms with van der Waals surface area (Å²) in [5, 5.41) is 2.11. The zero-order valence-electron chi connectivity index (χ0n) is 12.5. The number of rotatable bonds is 6. The smallest absolute Gasteiger partial charge is 0.335 e. The number of hydrogen-bond acceptors (Lipinski definition) is 5. The molecule has 2 rings (SSSR count). The first kappa shape index (κ1) is 15.8. The molecule has 1 N–H and O–H groups in total. The molecule has 4 amide bonds. The second-order valence-electron chi connectivity index (χ2n) is 4.67. The SMILES string of the molecule is CCCOc1ccc(N2C(=O)CC(=O)NC2=O)cc1OCC. The van der Waals surface area contributed by atoms with Gasteiger partial charge in [0, 0.05) is 6.07 Å². The molecule has 0 aromatic heterocycles. The summed E-state index contributed by atoms with van der Waals surface area (Å²) < 4.78 is 11.1. The lowest BCUT2D eigenvalue weighted by molar-refractivity contribution is -0.128. The van der Waals surface area contributed by atoms with E-state index in [1.165, 1.54) is 0 Å². The van der Waals surface area contributed by atoms with E-state index in [1.54, 1.807) is 18.2 Å². The van der Waals surface area contributed by atoms with Crippen molar-refractivity contribution in [2.24, 2.45) is 0 Å². The van der Waals surface area contributed by atoms with Crippen LogP contribution >= 0.6 is 0 Å². The van der Waals surface area contributed by atoms with Crippen molar-refractivity contribution in [1.29, 1.82) is 0 Å². The van der Waals surface area contributed by atoms with Crippen LogP contribution in [0.3, 0.4) is 0 Å². The first-order chi connectivity index (χ1) is 10.6. The van der Waals surface area contributed by atoms with Crippen LogP contribution in [0.4, 0.5) is 10.5 Å². The number of hydrogen-bond donors (Lipinski definition) is 1. The minimum Gasteiger partial charge on any atom is -0.490 e. The topological polar surface area (TPSA) is 84.9 Å². The Kier molecular flexibility index (Phi) is 4.98. The molecule has 0 spiro atoms. The molecule has 1 saturated heterocycles. The fourth-order valence-electron chi connectivity index (χ4n) is 2.05. The maximum absolute atomic E-state index is 11.9. The second-order valence-corrected chi connectivity index (χ2v) is 4.67. The number of amides is 4. The van der Waals surface area contributed by atoms with E-state index in [0.717, 1.165) is 11.3 Å². The molecule has 118 valence electrons. The summed E-state index contributed by atoms with van der Waals surface area (Å²) in [7, 11) is 0. The van der Waals surface area contributed by atoms with Gasteiger partial charge in [0.25, 0.3) is 0 Å². The summed E-state index contributed by atoms with van der Waals surface area (Å²) in [6, 6.07) is 4.03. The molecule has 0 atom stereocenters. The van der Waals surface area contributed by atoms with E-state index in [2.05, 4.69) is 5.32 Å². The fraction of sp³-hybridized carbons (Fsp3) is 0.400. The molecule has 0 bridgehead atoms. The van der Waals surface area contributed by atoms with Crippen LogP contribution in [0.1, 0.15) is 26.7 Å². The van der Waals surface area contributed by atoms with Crippen LogP contribution in [0.2, 0.25) is 0 Å². The summed E-state index contributed by atoms with van der Waals surface area (Å²) in [4.78, 5) is 35.9. The summed E-state index contributed by atoms with van der Waals surface area (Å²) >= 11 is 0. The number of ether oxygens (including phenoxy) is 2. The fourth-order valence-corrected chi connectivity index (χ4v) is 2.05. The van der Waals surface area contributed by atoms with Gasteiger partial charge in [-0.2, -0.15) is 0 Å². The van der Waals surface area contributed by atoms with Crippen LogP contribution < -0.4 is 19.7 Å². The lowest BCUT2D eigenvalue weighted by Crippen LogP contribution is -2.52. The average Bonchev–Trinajstić information content (AvgIpc) is 2.45. The molecule has 1 fully saturated rings. The number of nitrogens with one attached hydrogen (secondary N) is 1. The Bertz CT molecular complexity index is 580. The minimum absolute atomic E-state index is 0.335. The molecular formula is C15H18N2O5. The van der Waals surface area contributed by atoms with E-state index in [9.17, 15) is 14.4 Å². The van der Waals surface area contributed by atoms with Crippen LogP contribution in [0, 0.1) is 0 Å². The highest BCUT2D eigenvalue weighted by Crippen LogP contribution is 2.33. The number of anilines is 1. The van der Waals surface area contributed by atoms with Gasteiger partial charge in [0.15, 0.2) is 11.5 Å². The van der Waals surface area contributed by atoms with E-state index < -0.39 is 17.8 Å². The van der Waals surface area contributed by atoms with E-state index in [-0.39, 0.29) is 6.42 Å². The predicted octanol–water partition coefficient (Wildman–Crippen LogP) is 1.85. The summed E-state index contributed by atoms with van der Waals surface area (Å²) in [5.74, 6) is -0.169. The Morgan fingerprint density at radius 1 is 1.14 bits per heavy atom. The van der Waals surface area contributed by atoms with Gasteiger partial charge in [-0.1, -0.05) is 6.92 Å². The molecule has 1 aromatic rings. The molecule has 1 aliphatic heterocycles. The maximum atomic E-state index is 11.9. The Morgan fingerprint density at radius 3 is 2.55 bits per heavy atom. The molecule has 1 heterocycles. The van der Waals surface area contributed by atoms with E-state index >= 15 is 0 Å². The summed E-state index contributed by atoms with van der Waals surface area (Å²) in [5.41, 5.74) is 0.335. The van der Waals surface area contributed by atoms with Gasteiger partial charge in [-0.3, -0.25) is 14.9 Å². The molecule has 22 heavy (non-hydrogen) atoms. The Hall–Kier alpha value is -2.57. The van der Waals surface area contributed by atoms with Gasteiger partial charge in [0.1, 0.15) is 6.42 Å². The van der Waals surface area contributed by atoms with Gasteiger partial charge in [0.2, 0.25) is 11.8 Å². The van der Waals surface area contributed by atoms with E-state index in [4.69, 9.17) is 9.47 Å². The number of imide groups is 2. The van der Waals surface area contributed by atoms with Crippen LogP contribution in [-0.4, -0.2) is 31.1 Å². The molecule has 0 unspecified atom stereocenters. The molecule has 1 aliphatic rings. The van der Waals surface area contributed by atoms with Gasteiger partial charge in [0.05, 0.1) is 18.9 Å². The third kappa shape index (κ3) is 3.36. The van der Waals surface area contributed by atoms with Crippen molar-refractivity contribution < 1.29 is 23.9 Å². The van der Waals surface area contributed by atoms with Crippen molar-refractivity contribution in [3.63, 3.8) is 0 Å². The average molecular weight is 306 g/mol. The molecule has 0 aliphatic carbocycles. The Balaban J connectivity index is 2.31. The highest BCUT2D eigenvalue weighted by Gasteiger charge is 2.32. The van der Waals surface area contributed by atoms with Crippen LogP contribution in [-0.2, 0) is 9.59 Å².